The lowest BCUT2D eigenvalue weighted by atomic mass is 10.1. The Hall–Kier alpha value is -2.69. The molecule has 0 aliphatic carbocycles. The highest BCUT2D eigenvalue weighted by atomic mass is 16.5. The predicted octanol–water partition coefficient (Wildman–Crippen LogP) is 3.22. The van der Waals surface area contributed by atoms with Gasteiger partial charge in [0.1, 0.15) is 17.2 Å². The fraction of sp³-hybridized carbons (Fsp3) is 0.350. The smallest absolute Gasteiger partial charge is 0.260 e. The lowest BCUT2D eigenvalue weighted by molar-refractivity contribution is -0.127. The van der Waals surface area contributed by atoms with Crippen molar-refractivity contribution < 1.29 is 19.0 Å². The number of benzene rings is 2. The second-order valence-corrected chi connectivity index (χ2v) is 5.69. The fourth-order valence-corrected chi connectivity index (χ4v) is 2.41. The Morgan fingerprint density at radius 1 is 1.00 bits per heavy atom. The van der Waals surface area contributed by atoms with Crippen molar-refractivity contribution >= 4 is 5.91 Å². The van der Waals surface area contributed by atoms with Crippen molar-refractivity contribution in [1.29, 1.82) is 0 Å². The first-order chi connectivity index (χ1) is 12.1. The van der Waals surface area contributed by atoms with Gasteiger partial charge in [-0.15, -0.1) is 0 Å². The van der Waals surface area contributed by atoms with Gasteiger partial charge in [-0.3, -0.25) is 4.79 Å². The summed E-state index contributed by atoms with van der Waals surface area (Å²) in [5, 5.41) is 2.90. The number of hydrogen-bond acceptors (Lipinski definition) is 4. The van der Waals surface area contributed by atoms with Crippen LogP contribution in [0.4, 0.5) is 0 Å². The molecule has 0 heterocycles. The van der Waals surface area contributed by atoms with E-state index in [1.165, 1.54) is 5.56 Å². The number of methoxy groups -OCH3 is 2. The van der Waals surface area contributed by atoms with Gasteiger partial charge in [-0.25, -0.2) is 0 Å². The van der Waals surface area contributed by atoms with E-state index in [9.17, 15) is 4.79 Å². The van der Waals surface area contributed by atoms with Crippen LogP contribution in [0.1, 0.15) is 18.9 Å². The van der Waals surface area contributed by atoms with Crippen LogP contribution in [0.5, 0.6) is 17.2 Å². The second-order valence-electron chi connectivity index (χ2n) is 5.69. The summed E-state index contributed by atoms with van der Waals surface area (Å²) in [4.78, 5) is 12.1. The SMILES string of the molecule is COc1cccc(CCCNC(=O)[C@@H](C)Oc2cccc(OC)c2)c1. The zero-order chi connectivity index (χ0) is 18.1. The molecule has 1 N–H and O–H groups in total. The van der Waals surface area contributed by atoms with Crippen LogP contribution in [-0.2, 0) is 11.2 Å². The molecule has 0 aromatic heterocycles. The van der Waals surface area contributed by atoms with Crippen molar-refractivity contribution in [1.82, 2.24) is 5.32 Å². The first-order valence-electron chi connectivity index (χ1n) is 8.33. The van der Waals surface area contributed by atoms with Crippen molar-refractivity contribution in [3.05, 3.63) is 54.1 Å². The van der Waals surface area contributed by atoms with Gasteiger partial charge in [0.15, 0.2) is 6.10 Å². The van der Waals surface area contributed by atoms with Crippen LogP contribution in [0, 0.1) is 0 Å². The van der Waals surface area contributed by atoms with Crippen LogP contribution in [0.25, 0.3) is 0 Å². The lowest BCUT2D eigenvalue weighted by Gasteiger charge is -2.15. The summed E-state index contributed by atoms with van der Waals surface area (Å²) in [6.45, 7) is 2.33. The summed E-state index contributed by atoms with van der Waals surface area (Å²) in [5.41, 5.74) is 1.19. The topological polar surface area (TPSA) is 56.8 Å². The van der Waals surface area contributed by atoms with Crippen molar-refractivity contribution in [2.45, 2.75) is 25.9 Å². The maximum absolute atomic E-state index is 12.1. The Labute approximate surface area is 148 Å². The van der Waals surface area contributed by atoms with Gasteiger partial charge >= 0.3 is 0 Å². The molecule has 2 rings (SSSR count). The number of aryl methyl sites for hydroxylation is 1. The van der Waals surface area contributed by atoms with Gasteiger partial charge < -0.3 is 19.5 Å². The Bertz CT molecular complexity index is 687. The number of hydrogen-bond donors (Lipinski definition) is 1. The molecule has 0 aliphatic rings. The second kappa shape index (κ2) is 9.57. The van der Waals surface area contributed by atoms with E-state index < -0.39 is 6.10 Å². The third-order valence-corrected chi connectivity index (χ3v) is 3.80. The minimum Gasteiger partial charge on any atom is -0.497 e. The highest BCUT2D eigenvalue weighted by molar-refractivity contribution is 5.80. The minimum absolute atomic E-state index is 0.131. The van der Waals surface area contributed by atoms with Crippen LogP contribution in [0.3, 0.4) is 0 Å². The normalized spacial score (nSPS) is 11.5. The van der Waals surface area contributed by atoms with Gasteiger partial charge in [0.05, 0.1) is 14.2 Å². The molecule has 0 spiro atoms. The van der Waals surface area contributed by atoms with Gasteiger partial charge in [-0.2, -0.15) is 0 Å². The van der Waals surface area contributed by atoms with E-state index in [1.54, 1.807) is 33.3 Å². The van der Waals surface area contributed by atoms with Crippen LogP contribution in [-0.4, -0.2) is 32.8 Å². The van der Waals surface area contributed by atoms with Gasteiger partial charge in [0.2, 0.25) is 0 Å². The molecule has 25 heavy (non-hydrogen) atoms. The molecule has 0 bridgehead atoms. The standard InChI is InChI=1S/C20H25NO4/c1-15(25-19-11-5-10-18(14-19)24-3)20(22)21-12-6-8-16-7-4-9-17(13-16)23-2/h4-5,7,9-11,13-15H,6,8,12H2,1-3H3,(H,21,22)/t15-/m1/s1. The van der Waals surface area contributed by atoms with Crippen LogP contribution < -0.4 is 19.5 Å². The van der Waals surface area contributed by atoms with E-state index >= 15 is 0 Å². The van der Waals surface area contributed by atoms with E-state index in [2.05, 4.69) is 11.4 Å². The van der Waals surface area contributed by atoms with Gasteiger partial charge in [0.25, 0.3) is 5.91 Å². The van der Waals surface area contributed by atoms with Crippen LogP contribution >= 0.6 is 0 Å². The van der Waals surface area contributed by atoms with E-state index in [4.69, 9.17) is 14.2 Å². The largest absolute Gasteiger partial charge is 0.497 e. The van der Waals surface area contributed by atoms with E-state index in [1.807, 2.05) is 30.3 Å². The minimum atomic E-state index is -0.566. The summed E-state index contributed by atoms with van der Waals surface area (Å²) in [6.07, 6.45) is 1.16. The predicted molar refractivity (Wildman–Crippen MR) is 97.4 cm³/mol. The Morgan fingerprint density at radius 3 is 2.36 bits per heavy atom. The highest BCUT2D eigenvalue weighted by Crippen LogP contribution is 2.20. The van der Waals surface area contributed by atoms with Gasteiger partial charge in [-0.1, -0.05) is 18.2 Å². The zero-order valence-corrected chi connectivity index (χ0v) is 15.0. The van der Waals surface area contributed by atoms with Gasteiger partial charge in [0, 0.05) is 12.6 Å². The average Bonchev–Trinajstić information content (AvgIpc) is 2.65. The Balaban J connectivity index is 1.73. The number of nitrogens with one attached hydrogen (secondary N) is 1. The van der Waals surface area contributed by atoms with Crippen LogP contribution in [0.2, 0.25) is 0 Å². The summed E-state index contributed by atoms with van der Waals surface area (Å²) in [5.74, 6) is 2.03. The Kier molecular flexibility index (Phi) is 7.14. The Morgan fingerprint density at radius 2 is 1.64 bits per heavy atom. The van der Waals surface area contributed by atoms with Crippen molar-refractivity contribution in [2.75, 3.05) is 20.8 Å². The summed E-state index contributed by atoms with van der Waals surface area (Å²) in [7, 11) is 3.25. The molecule has 2 aromatic carbocycles. The summed E-state index contributed by atoms with van der Waals surface area (Å²) >= 11 is 0. The molecule has 0 saturated heterocycles. The highest BCUT2D eigenvalue weighted by Gasteiger charge is 2.14. The van der Waals surface area contributed by atoms with Crippen molar-refractivity contribution in [3.8, 4) is 17.2 Å². The molecule has 0 saturated carbocycles. The molecule has 0 aliphatic heterocycles. The molecule has 134 valence electrons. The molecule has 0 radical (unpaired) electrons. The molecule has 5 nitrogen and oxygen atoms in total. The molecule has 5 heteroatoms. The monoisotopic (exact) mass is 343 g/mol. The quantitative estimate of drug-likeness (QED) is 0.710. The number of carbonyl (C=O) groups is 1. The molecule has 0 unspecified atom stereocenters. The number of ether oxygens (including phenoxy) is 3. The van der Waals surface area contributed by atoms with E-state index in [0.29, 0.717) is 18.0 Å². The van der Waals surface area contributed by atoms with Crippen LogP contribution in [0.15, 0.2) is 48.5 Å². The molecule has 1 amide bonds. The van der Waals surface area contributed by atoms with Crippen molar-refractivity contribution in [3.63, 3.8) is 0 Å². The molecule has 1 atom stereocenters. The fourth-order valence-electron chi connectivity index (χ4n) is 2.41. The summed E-state index contributed by atoms with van der Waals surface area (Å²) in [6, 6.07) is 15.2. The first kappa shape index (κ1) is 18.6. The third-order valence-electron chi connectivity index (χ3n) is 3.80. The molecular weight excluding hydrogens is 318 g/mol. The van der Waals surface area contributed by atoms with Crippen molar-refractivity contribution in [2.24, 2.45) is 0 Å². The third kappa shape index (κ3) is 6.03. The number of rotatable bonds is 9. The molecule has 2 aromatic rings. The number of carbonyl (C=O) groups excluding carboxylic acids is 1. The van der Waals surface area contributed by atoms with Gasteiger partial charge in [-0.05, 0) is 49.6 Å². The first-order valence-corrected chi connectivity index (χ1v) is 8.33. The zero-order valence-electron chi connectivity index (χ0n) is 15.0. The average molecular weight is 343 g/mol. The van der Waals surface area contributed by atoms with E-state index in [0.717, 1.165) is 18.6 Å². The van der Waals surface area contributed by atoms with E-state index in [-0.39, 0.29) is 5.91 Å². The maximum Gasteiger partial charge on any atom is 0.260 e. The number of amides is 1. The summed E-state index contributed by atoms with van der Waals surface area (Å²) < 4.78 is 16.0. The molecule has 0 fully saturated rings. The lowest BCUT2D eigenvalue weighted by Crippen LogP contribution is -2.36. The molecular formula is C20H25NO4. The maximum atomic E-state index is 12.1.